The van der Waals surface area contributed by atoms with Gasteiger partial charge in [0.15, 0.2) is 0 Å². The minimum atomic E-state index is -3.63. The first kappa shape index (κ1) is 20.0. The van der Waals surface area contributed by atoms with Crippen LogP contribution in [0.15, 0.2) is 59.5 Å². The molecule has 0 saturated heterocycles. The monoisotopic (exact) mass is 395 g/mol. The molecule has 0 aliphatic rings. The second-order valence-corrected chi connectivity index (χ2v) is 8.87. The van der Waals surface area contributed by atoms with E-state index in [1.54, 1.807) is 42.5 Å². The topological polar surface area (TPSA) is 55.4 Å². The van der Waals surface area contributed by atoms with Crippen LogP contribution in [0.1, 0.15) is 27.8 Å². The molecule has 5 heteroatoms. The average molecular weight is 396 g/mol. The first-order chi connectivity index (χ1) is 13.2. The zero-order chi connectivity index (χ0) is 20.5. The maximum Gasteiger partial charge on any atom is 0.261 e. The van der Waals surface area contributed by atoms with Gasteiger partial charge in [0.05, 0.1) is 4.90 Å². The Bertz CT molecular complexity index is 1070. The minimum Gasteiger partial charge on any atom is -0.456 e. The molecule has 0 saturated carbocycles. The van der Waals surface area contributed by atoms with E-state index in [0.717, 1.165) is 33.8 Å². The molecular formula is C23H25NO3S. The van der Waals surface area contributed by atoms with Crippen molar-refractivity contribution >= 4 is 15.7 Å². The minimum absolute atomic E-state index is 0.233. The van der Waals surface area contributed by atoms with E-state index in [1.165, 1.54) is 5.56 Å². The van der Waals surface area contributed by atoms with E-state index in [-0.39, 0.29) is 4.90 Å². The van der Waals surface area contributed by atoms with Gasteiger partial charge in [-0.1, -0.05) is 35.9 Å². The van der Waals surface area contributed by atoms with E-state index < -0.39 is 10.0 Å². The fourth-order valence-electron chi connectivity index (χ4n) is 3.41. The SMILES string of the molecule is Cc1cc(C)c(Oc2c(C)cc(NS(=O)(=O)c3ccccc3)cc2C)c(C)c1. The third-order valence-electron chi connectivity index (χ3n) is 4.57. The van der Waals surface area contributed by atoms with Crippen molar-refractivity contribution in [2.75, 3.05) is 4.72 Å². The van der Waals surface area contributed by atoms with Gasteiger partial charge in [0.2, 0.25) is 0 Å². The lowest BCUT2D eigenvalue weighted by molar-refractivity contribution is 0.468. The van der Waals surface area contributed by atoms with Crippen molar-refractivity contribution in [2.24, 2.45) is 0 Å². The highest BCUT2D eigenvalue weighted by atomic mass is 32.2. The smallest absolute Gasteiger partial charge is 0.261 e. The summed E-state index contributed by atoms with van der Waals surface area (Å²) in [6.45, 7) is 9.96. The van der Waals surface area contributed by atoms with Crippen LogP contribution >= 0.6 is 0 Å². The van der Waals surface area contributed by atoms with Crippen molar-refractivity contribution in [3.63, 3.8) is 0 Å². The molecule has 146 valence electrons. The fraction of sp³-hybridized carbons (Fsp3) is 0.217. The largest absolute Gasteiger partial charge is 0.456 e. The molecule has 0 fully saturated rings. The van der Waals surface area contributed by atoms with E-state index in [2.05, 4.69) is 23.8 Å². The van der Waals surface area contributed by atoms with E-state index in [9.17, 15) is 8.42 Å². The average Bonchev–Trinajstić information content (AvgIpc) is 2.60. The van der Waals surface area contributed by atoms with Gasteiger partial charge in [0.1, 0.15) is 11.5 Å². The van der Waals surface area contributed by atoms with Crippen molar-refractivity contribution in [1.29, 1.82) is 0 Å². The van der Waals surface area contributed by atoms with E-state index >= 15 is 0 Å². The van der Waals surface area contributed by atoms with Crippen LogP contribution in [-0.4, -0.2) is 8.42 Å². The predicted octanol–water partition coefficient (Wildman–Crippen LogP) is 5.82. The van der Waals surface area contributed by atoms with Gasteiger partial charge in [0.25, 0.3) is 10.0 Å². The maximum atomic E-state index is 12.6. The summed E-state index contributed by atoms with van der Waals surface area (Å²) in [5.74, 6) is 1.59. The Morgan fingerprint density at radius 3 is 1.68 bits per heavy atom. The molecule has 1 N–H and O–H groups in total. The Labute approximate surface area is 167 Å². The summed E-state index contributed by atoms with van der Waals surface area (Å²) in [6, 6.07) is 16.1. The van der Waals surface area contributed by atoms with Gasteiger partial charge in [-0.25, -0.2) is 8.42 Å². The van der Waals surface area contributed by atoms with Crippen molar-refractivity contribution in [1.82, 2.24) is 0 Å². The van der Waals surface area contributed by atoms with Gasteiger partial charge in [0, 0.05) is 5.69 Å². The predicted molar refractivity (Wildman–Crippen MR) is 114 cm³/mol. The first-order valence-electron chi connectivity index (χ1n) is 9.12. The molecule has 3 aromatic carbocycles. The summed E-state index contributed by atoms with van der Waals surface area (Å²) in [6.07, 6.45) is 0. The lowest BCUT2D eigenvalue weighted by Crippen LogP contribution is -2.13. The van der Waals surface area contributed by atoms with Crippen LogP contribution in [0.5, 0.6) is 11.5 Å². The first-order valence-corrected chi connectivity index (χ1v) is 10.6. The Balaban J connectivity index is 1.92. The van der Waals surface area contributed by atoms with E-state index in [1.807, 2.05) is 27.7 Å². The van der Waals surface area contributed by atoms with Gasteiger partial charge in [-0.15, -0.1) is 0 Å². The van der Waals surface area contributed by atoms with Gasteiger partial charge in [-0.2, -0.15) is 0 Å². The lowest BCUT2D eigenvalue weighted by atomic mass is 10.1. The molecule has 3 aromatic rings. The van der Waals surface area contributed by atoms with Gasteiger partial charge >= 0.3 is 0 Å². The highest BCUT2D eigenvalue weighted by Crippen LogP contribution is 2.35. The third kappa shape index (κ3) is 4.20. The number of anilines is 1. The zero-order valence-corrected chi connectivity index (χ0v) is 17.6. The Morgan fingerprint density at radius 2 is 1.18 bits per heavy atom. The molecule has 0 aliphatic carbocycles. The standard InChI is InChI=1S/C23H25NO3S/c1-15-11-16(2)22(17(3)12-15)27-23-18(4)13-20(14-19(23)5)24-28(25,26)21-9-7-6-8-10-21/h6-14,24H,1-5H3. The summed E-state index contributed by atoms with van der Waals surface area (Å²) in [5.41, 5.74) is 5.59. The number of hydrogen-bond acceptors (Lipinski definition) is 3. The molecule has 4 nitrogen and oxygen atoms in total. The van der Waals surface area contributed by atoms with Gasteiger partial charge in [-0.3, -0.25) is 4.72 Å². The molecule has 0 aliphatic heterocycles. The quantitative estimate of drug-likeness (QED) is 0.592. The number of benzene rings is 3. The van der Waals surface area contributed by atoms with Gasteiger partial charge in [-0.05, 0) is 81.1 Å². The molecule has 0 spiro atoms. The van der Waals surface area contributed by atoms with Crippen LogP contribution in [-0.2, 0) is 10.0 Å². The third-order valence-corrected chi connectivity index (χ3v) is 5.97. The van der Waals surface area contributed by atoms with Gasteiger partial charge < -0.3 is 4.74 Å². The molecule has 0 radical (unpaired) electrons. The second kappa shape index (κ2) is 7.68. The lowest BCUT2D eigenvalue weighted by Gasteiger charge is -2.18. The summed E-state index contributed by atoms with van der Waals surface area (Å²) in [5, 5.41) is 0. The Kier molecular flexibility index (Phi) is 5.47. The molecule has 28 heavy (non-hydrogen) atoms. The highest BCUT2D eigenvalue weighted by molar-refractivity contribution is 7.92. The number of ether oxygens (including phenoxy) is 1. The summed E-state index contributed by atoms with van der Waals surface area (Å²) in [4.78, 5) is 0.233. The van der Waals surface area contributed by atoms with Crippen molar-refractivity contribution in [3.8, 4) is 11.5 Å². The van der Waals surface area contributed by atoms with Crippen LogP contribution in [0.25, 0.3) is 0 Å². The van der Waals surface area contributed by atoms with E-state index in [4.69, 9.17) is 4.74 Å². The molecule has 0 bridgehead atoms. The van der Waals surface area contributed by atoms with Crippen molar-refractivity contribution in [2.45, 2.75) is 39.5 Å². The fourth-order valence-corrected chi connectivity index (χ4v) is 4.48. The van der Waals surface area contributed by atoms with Crippen LogP contribution in [0.2, 0.25) is 0 Å². The van der Waals surface area contributed by atoms with Crippen LogP contribution in [0, 0.1) is 34.6 Å². The molecular weight excluding hydrogens is 370 g/mol. The summed E-state index contributed by atoms with van der Waals surface area (Å²) in [7, 11) is -3.63. The van der Waals surface area contributed by atoms with Crippen molar-refractivity contribution in [3.05, 3.63) is 82.4 Å². The molecule has 0 unspecified atom stereocenters. The Hall–Kier alpha value is -2.79. The highest BCUT2D eigenvalue weighted by Gasteiger charge is 2.16. The summed E-state index contributed by atoms with van der Waals surface area (Å²) >= 11 is 0. The normalized spacial score (nSPS) is 11.3. The van der Waals surface area contributed by atoms with E-state index in [0.29, 0.717) is 5.69 Å². The summed E-state index contributed by atoms with van der Waals surface area (Å²) < 4.78 is 34.1. The second-order valence-electron chi connectivity index (χ2n) is 7.19. The number of aryl methyl sites for hydroxylation is 5. The zero-order valence-electron chi connectivity index (χ0n) is 16.8. The molecule has 0 atom stereocenters. The molecule has 3 rings (SSSR count). The number of hydrogen-bond donors (Lipinski definition) is 1. The number of sulfonamides is 1. The molecule has 0 amide bonds. The maximum absolute atomic E-state index is 12.6. The Morgan fingerprint density at radius 1 is 0.714 bits per heavy atom. The van der Waals surface area contributed by atoms with Crippen molar-refractivity contribution < 1.29 is 13.2 Å². The van der Waals surface area contributed by atoms with Crippen LogP contribution < -0.4 is 9.46 Å². The van der Waals surface area contributed by atoms with Crippen LogP contribution in [0.3, 0.4) is 0 Å². The molecule has 0 heterocycles. The number of rotatable bonds is 5. The number of nitrogens with one attached hydrogen (secondary N) is 1. The van der Waals surface area contributed by atoms with Crippen LogP contribution in [0.4, 0.5) is 5.69 Å². The molecule has 0 aromatic heterocycles.